The number of hydrogen-bond donors (Lipinski definition) is 1. The number of piperidine rings is 3. The SMILES string of the molecule is O=C([C@H]1[C@@H]2CNC[C@@H](C2)[C@@H]2CCCC(=O)N21)N1CCc2c(Cl)cccc2C1. The van der Waals surface area contributed by atoms with Gasteiger partial charge in [0.1, 0.15) is 6.04 Å². The molecule has 0 saturated carbocycles. The second-order valence-electron chi connectivity index (χ2n) is 8.51. The molecule has 4 atom stereocenters. The molecule has 1 N–H and O–H groups in total. The van der Waals surface area contributed by atoms with Gasteiger partial charge in [-0.3, -0.25) is 9.59 Å². The Bertz CT molecular complexity index is 783. The number of fused-ring (bicyclic) bond motifs is 5. The monoisotopic (exact) mass is 387 g/mol. The van der Waals surface area contributed by atoms with Crippen LogP contribution in [0.5, 0.6) is 0 Å². The first-order valence-corrected chi connectivity index (χ1v) is 10.6. The Morgan fingerprint density at radius 1 is 1.19 bits per heavy atom. The van der Waals surface area contributed by atoms with Crippen LogP contribution in [0.3, 0.4) is 0 Å². The number of benzene rings is 1. The zero-order valence-corrected chi connectivity index (χ0v) is 16.3. The summed E-state index contributed by atoms with van der Waals surface area (Å²) in [6, 6.07) is 5.87. The molecule has 2 amide bonds. The Kier molecular flexibility index (Phi) is 4.40. The van der Waals surface area contributed by atoms with Crippen LogP contribution in [-0.4, -0.2) is 53.3 Å². The summed E-state index contributed by atoms with van der Waals surface area (Å²) in [6.07, 6.45) is 4.43. The second kappa shape index (κ2) is 6.78. The average molecular weight is 388 g/mol. The summed E-state index contributed by atoms with van der Waals surface area (Å²) in [5, 5.41) is 4.31. The molecule has 6 heteroatoms. The van der Waals surface area contributed by atoms with E-state index >= 15 is 0 Å². The first kappa shape index (κ1) is 17.5. The Labute approximate surface area is 165 Å². The highest BCUT2D eigenvalue weighted by atomic mass is 35.5. The van der Waals surface area contributed by atoms with E-state index in [2.05, 4.69) is 11.4 Å². The Morgan fingerprint density at radius 3 is 2.93 bits per heavy atom. The minimum atomic E-state index is -0.299. The zero-order valence-electron chi connectivity index (χ0n) is 15.5. The van der Waals surface area contributed by atoms with Gasteiger partial charge < -0.3 is 15.1 Å². The molecule has 0 spiro atoms. The fourth-order valence-corrected chi connectivity index (χ4v) is 6.06. The molecule has 3 saturated heterocycles. The van der Waals surface area contributed by atoms with Crippen molar-refractivity contribution in [3.8, 4) is 0 Å². The van der Waals surface area contributed by atoms with E-state index in [9.17, 15) is 9.59 Å². The Balaban J connectivity index is 1.43. The minimum Gasteiger partial charge on any atom is -0.336 e. The zero-order chi connectivity index (χ0) is 18.5. The fourth-order valence-electron chi connectivity index (χ4n) is 5.77. The number of amides is 2. The van der Waals surface area contributed by atoms with Crippen molar-refractivity contribution in [2.24, 2.45) is 11.8 Å². The number of carbonyl (C=O) groups is 2. The molecule has 27 heavy (non-hydrogen) atoms. The van der Waals surface area contributed by atoms with E-state index in [1.54, 1.807) is 0 Å². The van der Waals surface area contributed by atoms with Crippen molar-refractivity contribution in [1.82, 2.24) is 15.1 Å². The van der Waals surface area contributed by atoms with Crippen LogP contribution in [0.4, 0.5) is 0 Å². The summed E-state index contributed by atoms with van der Waals surface area (Å²) in [5.74, 6) is 1.04. The predicted octanol–water partition coefficient (Wildman–Crippen LogP) is 2.21. The number of hydrogen-bond acceptors (Lipinski definition) is 3. The number of rotatable bonds is 1. The van der Waals surface area contributed by atoms with Crippen LogP contribution in [0.15, 0.2) is 18.2 Å². The van der Waals surface area contributed by atoms with Gasteiger partial charge in [0.15, 0.2) is 0 Å². The van der Waals surface area contributed by atoms with Crippen LogP contribution in [0.1, 0.15) is 36.8 Å². The van der Waals surface area contributed by atoms with E-state index in [0.717, 1.165) is 54.9 Å². The maximum atomic E-state index is 13.6. The number of carbonyl (C=O) groups excluding carboxylic acids is 2. The Hall–Kier alpha value is -1.59. The maximum Gasteiger partial charge on any atom is 0.246 e. The van der Waals surface area contributed by atoms with Crippen molar-refractivity contribution in [1.29, 1.82) is 0 Å². The molecule has 5 rings (SSSR count). The van der Waals surface area contributed by atoms with Crippen molar-refractivity contribution >= 4 is 23.4 Å². The molecule has 4 aliphatic rings. The second-order valence-corrected chi connectivity index (χ2v) is 8.91. The molecule has 0 aliphatic carbocycles. The van der Waals surface area contributed by atoms with Gasteiger partial charge in [-0.05, 0) is 55.3 Å². The molecule has 4 heterocycles. The van der Waals surface area contributed by atoms with Crippen molar-refractivity contribution in [3.05, 3.63) is 34.3 Å². The van der Waals surface area contributed by atoms with E-state index in [1.165, 1.54) is 0 Å². The highest BCUT2D eigenvalue weighted by Crippen LogP contribution is 2.40. The summed E-state index contributed by atoms with van der Waals surface area (Å²) >= 11 is 6.33. The van der Waals surface area contributed by atoms with Gasteiger partial charge >= 0.3 is 0 Å². The molecule has 2 bridgehead atoms. The number of halogens is 1. The predicted molar refractivity (Wildman–Crippen MR) is 103 cm³/mol. The van der Waals surface area contributed by atoms with Crippen LogP contribution in [-0.2, 0) is 22.6 Å². The van der Waals surface area contributed by atoms with E-state index < -0.39 is 0 Å². The maximum absolute atomic E-state index is 13.6. The molecule has 3 fully saturated rings. The third-order valence-electron chi connectivity index (χ3n) is 7.02. The lowest BCUT2D eigenvalue weighted by Crippen LogP contribution is -2.68. The average Bonchev–Trinajstić information content (AvgIpc) is 2.69. The van der Waals surface area contributed by atoms with Gasteiger partial charge in [0.2, 0.25) is 11.8 Å². The number of nitrogens with one attached hydrogen (secondary N) is 1. The molecule has 0 aromatic heterocycles. The lowest BCUT2D eigenvalue weighted by atomic mass is 9.72. The molecule has 4 aliphatic heterocycles. The summed E-state index contributed by atoms with van der Waals surface area (Å²) in [5.41, 5.74) is 2.30. The van der Waals surface area contributed by atoms with Gasteiger partial charge in [-0.2, -0.15) is 0 Å². The van der Waals surface area contributed by atoms with Crippen molar-refractivity contribution in [2.45, 2.75) is 50.7 Å². The van der Waals surface area contributed by atoms with Gasteiger partial charge in [0.25, 0.3) is 0 Å². The lowest BCUT2D eigenvalue weighted by Gasteiger charge is -2.54. The van der Waals surface area contributed by atoms with Crippen molar-refractivity contribution < 1.29 is 9.59 Å². The topological polar surface area (TPSA) is 52.7 Å². The van der Waals surface area contributed by atoms with E-state index in [0.29, 0.717) is 25.4 Å². The van der Waals surface area contributed by atoms with Crippen molar-refractivity contribution in [3.63, 3.8) is 0 Å². The third-order valence-corrected chi connectivity index (χ3v) is 7.37. The first-order valence-electron chi connectivity index (χ1n) is 10.2. The highest BCUT2D eigenvalue weighted by Gasteiger charge is 2.51. The molecule has 1 aromatic rings. The third kappa shape index (κ3) is 2.87. The molecular weight excluding hydrogens is 362 g/mol. The van der Waals surface area contributed by atoms with Crippen LogP contribution < -0.4 is 5.32 Å². The molecule has 5 nitrogen and oxygen atoms in total. The smallest absolute Gasteiger partial charge is 0.246 e. The molecular formula is C21H26ClN3O2. The molecule has 0 unspecified atom stereocenters. The van der Waals surface area contributed by atoms with Crippen LogP contribution in [0.2, 0.25) is 5.02 Å². The summed E-state index contributed by atoms with van der Waals surface area (Å²) in [4.78, 5) is 30.4. The fraction of sp³-hybridized carbons (Fsp3) is 0.619. The standard InChI is InChI=1S/C21H26ClN3O2/c22-17-4-1-3-13-12-24(8-7-16(13)17)21(27)20-15-9-14(10-23-11-15)18-5-2-6-19(26)25(18)20/h1,3-4,14-15,18,20,23H,2,5-12H2/t14-,15+,18+,20-/m1/s1. The van der Waals surface area contributed by atoms with Gasteiger partial charge in [0, 0.05) is 43.0 Å². The van der Waals surface area contributed by atoms with E-state index in [-0.39, 0.29) is 29.8 Å². The molecule has 144 valence electrons. The van der Waals surface area contributed by atoms with Crippen molar-refractivity contribution in [2.75, 3.05) is 19.6 Å². The van der Waals surface area contributed by atoms with Gasteiger partial charge in [-0.1, -0.05) is 23.7 Å². The Morgan fingerprint density at radius 2 is 2.04 bits per heavy atom. The van der Waals surface area contributed by atoms with E-state index in [1.807, 2.05) is 21.9 Å². The van der Waals surface area contributed by atoms with Gasteiger partial charge in [-0.15, -0.1) is 0 Å². The summed E-state index contributed by atoms with van der Waals surface area (Å²) in [6.45, 7) is 3.09. The molecule has 1 aromatic carbocycles. The number of nitrogens with zero attached hydrogens (tertiary/aromatic N) is 2. The normalized spacial score (nSPS) is 32.7. The molecule has 0 radical (unpaired) electrons. The van der Waals surface area contributed by atoms with Crippen LogP contribution in [0.25, 0.3) is 0 Å². The summed E-state index contributed by atoms with van der Waals surface area (Å²) < 4.78 is 0. The van der Waals surface area contributed by atoms with Gasteiger partial charge in [0.05, 0.1) is 0 Å². The largest absolute Gasteiger partial charge is 0.336 e. The summed E-state index contributed by atoms with van der Waals surface area (Å²) in [7, 11) is 0. The quantitative estimate of drug-likeness (QED) is 0.803. The highest BCUT2D eigenvalue weighted by molar-refractivity contribution is 6.31. The lowest BCUT2D eigenvalue weighted by molar-refractivity contribution is -0.162. The van der Waals surface area contributed by atoms with Crippen LogP contribution >= 0.6 is 11.6 Å². The first-order chi connectivity index (χ1) is 13.1. The van der Waals surface area contributed by atoms with Gasteiger partial charge in [-0.25, -0.2) is 0 Å². The van der Waals surface area contributed by atoms with Crippen LogP contribution in [0, 0.1) is 11.8 Å². The van der Waals surface area contributed by atoms with E-state index in [4.69, 9.17) is 11.6 Å². The minimum absolute atomic E-state index is 0.132.